The van der Waals surface area contributed by atoms with E-state index in [1.165, 1.54) is 51.4 Å². The fourth-order valence-corrected chi connectivity index (χ4v) is 5.67. The Morgan fingerprint density at radius 2 is 1.80 bits per heavy atom. The Balaban J connectivity index is 2.26. The Labute approximate surface area is 127 Å². The lowest BCUT2D eigenvalue weighted by molar-refractivity contribution is -0.0581. The minimum atomic E-state index is 0.527. The Kier molecular flexibility index (Phi) is 4.72. The third-order valence-corrected chi connectivity index (χ3v) is 7.04. The summed E-state index contributed by atoms with van der Waals surface area (Å²) in [7, 11) is 0. The largest absolute Gasteiger partial charge is 0.0996 e. The van der Waals surface area contributed by atoms with E-state index in [2.05, 4.69) is 41.2 Å². The van der Waals surface area contributed by atoms with Gasteiger partial charge in [0.25, 0.3) is 0 Å². The van der Waals surface area contributed by atoms with Crippen LogP contribution in [0.2, 0.25) is 0 Å². The van der Waals surface area contributed by atoms with Gasteiger partial charge in [0, 0.05) is 0 Å². The second-order valence-corrected chi connectivity index (χ2v) is 8.57. The van der Waals surface area contributed by atoms with Crippen LogP contribution in [0.1, 0.15) is 86.0 Å². The van der Waals surface area contributed by atoms with Gasteiger partial charge in [0.05, 0.1) is 0 Å². The first-order valence-electron chi connectivity index (χ1n) is 9.02. The molecule has 3 atom stereocenters. The van der Waals surface area contributed by atoms with E-state index in [0.29, 0.717) is 10.8 Å². The molecule has 0 amide bonds. The number of allylic oxidation sites excluding steroid dienone is 1. The minimum Gasteiger partial charge on any atom is -0.0996 e. The zero-order chi connectivity index (χ0) is 15.0. The predicted octanol–water partition coefficient (Wildman–Crippen LogP) is 6.61. The first-order chi connectivity index (χ1) is 9.35. The van der Waals surface area contributed by atoms with Crippen LogP contribution in [-0.2, 0) is 0 Å². The van der Waals surface area contributed by atoms with Crippen LogP contribution in [0.3, 0.4) is 0 Å². The summed E-state index contributed by atoms with van der Waals surface area (Å²) in [4.78, 5) is 0. The minimum absolute atomic E-state index is 0.527. The molecule has 116 valence electrons. The van der Waals surface area contributed by atoms with Gasteiger partial charge < -0.3 is 0 Å². The van der Waals surface area contributed by atoms with Gasteiger partial charge in [-0.05, 0) is 60.7 Å². The average molecular weight is 277 g/mol. The third kappa shape index (κ3) is 2.72. The van der Waals surface area contributed by atoms with Crippen LogP contribution in [0.5, 0.6) is 0 Å². The topological polar surface area (TPSA) is 0 Å². The molecule has 2 aliphatic carbocycles. The van der Waals surface area contributed by atoms with Crippen molar-refractivity contribution in [1.29, 1.82) is 0 Å². The second-order valence-electron chi connectivity index (χ2n) is 8.57. The van der Waals surface area contributed by atoms with Crippen LogP contribution >= 0.6 is 0 Å². The van der Waals surface area contributed by atoms with Gasteiger partial charge in [0.2, 0.25) is 0 Å². The zero-order valence-electron chi connectivity index (χ0n) is 14.6. The summed E-state index contributed by atoms with van der Waals surface area (Å²) in [5.41, 5.74) is 2.65. The molecule has 0 saturated heterocycles. The van der Waals surface area contributed by atoms with Crippen molar-refractivity contribution in [3.63, 3.8) is 0 Å². The highest BCUT2D eigenvalue weighted by Crippen LogP contribution is 2.62. The van der Waals surface area contributed by atoms with Gasteiger partial charge in [-0.1, -0.05) is 66.0 Å². The van der Waals surface area contributed by atoms with Crippen molar-refractivity contribution in [2.45, 2.75) is 86.0 Å². The molecule has 0 N–H and O–H groups in total. The van der Waals surface area contributed by atoms with Crippen LogP contribution in [0.4, 0.5) is 0 Å². The van der Waals surface area contributed by atoms with Gasteiger partial charge in [-0.3, -0.25) is 0 Å². The number of hydrogen-bond acceptors (Lipinski definition) is 0. The molecule has 3 unspecified atom stereocenters. The van der Waals surface area contributed by atoms with E-state index in [0.717, 1.165) is 17.8 Å². The number of hydrogen-bond donors (Lipinski definition) is 0. The van der Waals surface area contributed by atoms with Gasteiger partial charge in [-0.25, -0.2) is 0 Å². The molecule has 0 heterocycles. The quantitative estimate of drug-likeness (QED) is 0.507. The molecule has 0 aromatic rings. The summed E-state index contributed by atoms with van der Waals surface area (Å²) in [6.07, 6.45) is 11.0. The molecule has 0 aliphatic heterocycles. The molecule has 0 spiro atoms. The summed E-state index contributed by atoms with van der Waals surface area (Å²) in [5, 5.41) is 0. The predicted molar refractivity (Wildman–Crippen MR) is 89.8 cm³/mol. The second kappa shape index (κ2) is 5.85. The molecule has 20 heavy (non-hydrogen) atoms. The van der Waals surface area contributed by atoms with Crippen molar-refractivity contribution >= 4 is 0 Å². The van der Waals surface area contributed by atoms with Gasteiger partial charge in [0.1, 0.15) is 0 Å². The summed E-state index contributed by atoms with van der Waals surface area (Å²) >= 11 is 0. The maximum Gasteiger partial charge on any atom is -0.0146 e. The highest BCUT2D eigenvalue weighted by Gasteiger charge is 2.52. The van der Waals surface area contributed by atoms with Gasteiger partial charge in [0.15, 0.2) is 0 Å². The van der Waals surface area contributed by atoms with E-state index in [4.69, 9.17) is 0 Å². The van der Waals surface area contributed by atoms with Crippen molar-refractivity contribution in [1.82, 2.24) is 0 Å². The van der Waals surface area contributed by atoms with E-state index >= 15 is 0 Å². The normalized spacial score (nSPS) is 37.0. The molecule has 2 fully saturated rings. The SMILES string of the molecule is C=C1CCC2C(C)(C)CCCC2(C)C1CC(CC)CC. The van der Waals surface area contributed by atoms with Crippen LogP contribution in [-0.4, -0.2) is 0 Å². The highest BCUT2D eigenvalue weighted by atomic mass is 14.6. The van der Waals surface area contributed by atoms with Crippen LogP contribution < -0.4 is 0 Å². The fourth-order valence-electron chi connectivity index (χ4n) is 5.67. The number of fused-ring (bicyclic) bond motifs is 1. The molecular weight excluding hydrogens is 240 g/mol. The summed E-state index contributed by atoms with van der Waals surface area (Å²) in [6, 6.07) is 0. The summed E-state index contributed by atoms with van der Waals surface area (Å²) in [5.74, 6) is 2.59. The summed E-state index contributed by atoms with van der Waals surface area (Å²) < 4.78 is 0. The molecular formula is C20H36. The molecule has 0 aromatic heterocycles. The van der Waals surface area contributed by atoms with E-state index < -0.39 is 0 Å². The zero-order valence-corrected chi connectivity index (χ0v) is 14.6. The molecule has 2 rings (SSSR count). The monoisotopic (exact) mass is 276 g/mol. The van der Waals surface area contributed by atoms with E-state index in [1.807, 2.05) is 0 Å². The van der Waals surface area contributed by atoms with Crippen LogP contribution in [0, 0.1) is 28.6 Å². The van der Waals surface area contributed by atoms with E-state index in [1.54, 1.807) is 5.57 Å². The van der Waals surface area contributed by atoms with Crippen molar-refractivity contribution < 1.29 is 0 Å². The van der Waals surface area contributed by atoms with Gasteiger partial charge >= 0.3 is 0 Å². The lowest BCUT2D eigenvalue weighted by atomic mass is 9.47. The standard InChI is InChI=1S/C20H36/c1-7-16(8-2)14-17-15(3)10-11-18-19(4,5)12-9-13-20(17,18)6/h16-18H,3,7-14H2,1-2,4-6H3. The highest BCUT2D eigenvalue weighted by molar-refractivity contribution is 5.16. The van der Waals surface area contributed by atoms with Crippen LogP contribution in [0.15, 0.2) is 12.2 Å². The molecule has 0 nitrogen and oxygen atoms in total. The maximum atomic E-state index is 4.50. The van der Waals surface area contributed by atoms with Crippen molar-refractivity contribution in [2.24, 2.45) is 28.6 Å². The summed E-state index contributed by atoms with van der Waals surface area (Å²) in [6.45, 7) is 16.9. The first kappa shape index (κ1) is 16.1. The van der Waals surface area contributed by atoms with Gasteiger partial charge in [-0.2, -0.15) is 0 Å². The van der Waals surface area contributed by atoms with Gasteiger partial charge in [-0.15, -0.1) is 0 Å². The van der Waals surface area contributed by atoms with E-state index in [-0.39, 0.29) is 0 Å². The Bertz CT molecular complexity index is 347. The number of rotatable bonds is 4. The fraction of sp³-hybridized carbons (Fsp3) is 0.900. The van der Waals surface area contributed by atoms with Crippen LogP contribution in [0.25, 0.3) is 0 Å². The third-order valence-electron chi connectivity index (χ3n) is 7.04. The lowest BCUT2D eigenvalue weighted by Crippen LogP contribution is -2.49. The smallest absolute Gasteiger partial charge is 0.0146 e. The van der Waals surface area contributed by atoms with E-state index in [9.17, 15) is 0 Å². The first-order valence-corrected chi connectivity index (χ1v) is 9.02. The van der Waals surface area contributed by atoms with Crippen molar-refractivity contribution in [3.05, 3.63) is 12.2 Å². The maximum absolute atomic E-state index is 4.50. The Morgan fingerprint density at radius 1 is 1.15 bits per heavy atom. The molecule has 2 saturated carbocycles. The molecule has 0 aromatic carbocycles. The molecule has 0 bridgehead atoms. The molecule has 2 aliphatic rings. The van der Waals surface area contributed by atoms with Crippen molar-refractivity contribution in [3.8, 4) is 0 Å². The lowest BCUT2D eigenvalue weighted by Gasteiger charge is -2.58. The molecule has 0 radical (unpaired) electrons. The Morgan fingerprint density at radius 3 is 2.40 bits per heavy atom. The average Bonchev–Trinajstić information content (AvgIpc) is 2.37. The Hall–Kier alpha value is -0.260. The molecule has 0 heteroatoms. The van der Waals surface area contributed by atoms with Crippen molar-refractivity contribution in [2.75, 3.05) is 0 Å².